The molecule has 0 amide bonds. The topological polar surface area (TPSA) is 17.1 Å². The van der Waals surface area contributed by atoms with E-state index < -0.39 is 5.24 Å². The number of aryl methyl sites for hydroxylation is 1. The lowest BCUT2D eigenvalue weighted by atomic mass is 10.1. The van der Waals surface area contributed by atoms with Gasteiger partial charge in [0, 0.05) is 5.56 Å². The predicted octanol–water partition coefficient (Wildman–Crippen LogP) is 3.68. The van der Waals surface area contributed by atoms with E-state index in [0.29, 0.717) is 10.0 Å². The van der Waals surface area contributed by atoms with Crippen LogP contribution in [0.2, 0.25) is 0 Å². The summed E-state index contributed by atoms with van der Waals surface area (Å²) >= 11 is 8.20. The molecule has 0 aromatic heterocycles. The highest BCUT2D eigenvalue weighted by Crippen LogP contribution is 2.23. The lowest BCUT2D eigenvalue weighted by Gasteiger charge is -2.02. The Bertz CT molecular complexity index is 401. The summed E-state index contributed by atoms with van der Waals surface area (Å²) in [6.07, 6.45) is 2.45. The van der Waals surface area contributed by atoms with Crippen LogP contribution in [-0.2, 0) is 4.79 Å². The summed E-state index contributed by atoms with van der Waals surface area (Å²) in [6, 6.07) is 3.34. The van der Waals surface area contributed by atoms with Gasteiger partial charge in [-0.3, -0.25) is 4.79 Å². The average molecular weight is 278 g/mol. The number of hydrogen-bond donors (Lipinski definition) is 0. The van der Waals surface area contributed by atoms with Crippen LogP contribution in [0.4, 0.5) is 4.39 Å². The third kappa shape index (κ3) is 2.66. The fraction of sp³-hybridized carbons (Fsp3) is 0.100. The van der Waals surface area contributed by atoms with Crippen LogP contribution in [0.1, 0.15) is 11.1 Å². The quantitative estimate of drug-likeness (QED) is 0.595. The molecule has 0 saturated carbocycles. The SMILES string of the molecule is Cc1ccc(/C=C/C(=O)Cl)c(F)c1Br. The van der Waals surface area contributed by atoms with Crippen LogP contribution in [0, 0.1) is 12.7 Å². The van der Waals surface area contributed by atoms with Crippen molar-refractivity contribution >= 4 is 38.8 Å². The van der Waals surface area contributed by atoms with E-state index in [1.807, 2.05) is 0 Å². The van der Waals surface area contributed by atoms with Crippen molar-refractivity contribution in [2.24, 2.45) is 0 Å². The number of halogens is 3. The third-order valence-corrected chi connectivity index (χ3v) is 2.80. The van der Waals surface area contributed by atoms with Crippen molar-refractivity contribution in [1.82, 2.24) is 0 Å². The predicted molar refractivity (Wildman–Crippen MR) is 58.7 cm³/mol. The molecule has 0 aliphatic heterocycles. The van der Waals surface area contributed by atoms with Crippen LogP contribution < -0.4 is 0 Å². The van der Waals surface area contributed by atoms with Gasteiger partial charge in [0.1, 0.15) is 5.82 Å². The molecule has 0 radical (unpaired) electrons. The smallest absolute Gasteiger partial charge is 0.245 e. The molecule has 0 aliphatic rings. The van der Waals surface area contributed by atoms with E-state index in [0.717, 1.165) is 11.6 Å². The Hall–Kier alpha value is -0.670. The molecule has 14 heavy (non-hydrogen) atoms. The van der Waals surface area contributed by atoms with E-state index in [2.05, 4.69) is 15.9 Å². The summed E-state index contributed by atoms with van der Waals surface area (Å²) in [7, 11) is 0. The van der Waals surface area contributed by atoms with Gasteiger partial charge < -0.3 is 0 Å². The van der Waals surface area contributed by atoms with E-state index in [-0.39, 0.29) is 5.82 Å². The highest BCUT2D eigenvalue weighted by atomic mass is 79.9. The highest BCUT2D eigenvalue weighted by Gasteiger charge is 2.06. The van der Waals surface area contributed by atoms with Crippen LogP contribution >= 0.6 is 27.5 Å². The monoisotopic (exact) mass is 276 g/mol. The molecule has 0 fully saturated rings. The highest BCUT2D eigenvalue weighted by molar-refractivity contribution is 9.10. The zero-order chi connectivity index (χ0) is 10.7. The van der Waals surface area contributed by atoms with Crippen LogP contribution in [0.3, 0.4) is 0 Å². The van der Waals surface area contributed by atoms with Crippen LogP contribution in [0.15, 0.2) is 22.7 Å². The molecule has 1 aromatic carbocycles. The van der Waals surface area contributed by atoms with Crippen molar-refractivity contribution < 1.29 is 9.18 Å². The van der Waals surface area contributed by atoms with Crippen LogP contribution in [0.5, 0.6) is 0 Å². The average Bonchev–Trinajstić information content (AvgIpc) is 2.13. The molecule has 0 bridgehead atoms. The maximum atomic E-state index is 13.5. The standard InChI is InChI=1S/C10H7BrClFO/c1-6-2-3-7(4-5-8(12)14)10(13)9(6)11/h2-5H,1H3/b5-4+. The summed E-state index contributed by atoms with van der Waals surface area (Å²) in [6.45, 7) is 1.79. The zero-order valence-corrected chi connectivity index (χ0v) is 9.69. The van der Waals surface area contributed by atoms with Gasteiger partial charge in [-0.1, -0.05) is 12.1 Å². The minimum Gasteiger partial charge on any atom is -0.276 e. The number of carbonyl (C=O) groups excluding carboxylic acids is 1. The van der Waals surface area contributed by atoms with Crippen molar-refractivity contribution in [3.05, 3.63) is 39.6 Å². The molecular formula is C10H7BrClFO. The van der Waals surface area contributed by atoms with E-state index in [1.54, 1.807) is 19.1 Å². The van der Waals surface area contributed by atoms with E-state index in [4.69, 9.17) is 11.6 Å². The first-order valence-electron chi connectivity index (χ1n) is 3.84. The van der Waals surface area contributed by atoms with Gasteiger partial charge in [-0.25, -0.2) is 4.39 Å². The Kier molecular flexibility index (Phi) is 3.84. The second kappa shape index (κ2) is 4.71. The fourth-order valence-corrected chi connectivity index (χ4v) is 1.37. The number of hydrogen-bond acceptors (Lipinski definition) is 1. The summed E-state index contributed by atoms with van der Waals surface area (Å²) in [5.41, 5.74) is 1.13. The van der Waals surface area contributed by atoms with Crippen molar-refractivity contribution in [3.63, 3.8) is 0 Å². The lowest BCUT2D eigenvalue weighted by molar-refractivity contribution is -0.107. The fourth-order valence-electron chi connectivity index (χ4n) is 0.945. The zero-order valence-electron chi connectivity index (χ0n) is 7.35. The number of carbonyl (C=O) groups is 1. The molecule has 1 nitrogen and oxygen atoms in total. The maximum Gasteiger partial charge on any atom is 0.245 e. The first kappa shape index (κ1) is 11.4. The van der Waals surface area contributed by atoms with Crippen molar-refractivity contribution in [3.8, 4) is 0 Å². The lowest BCUT2D eigenvalue weighted by Crippen LogP contribution is -1.88. The number of allylic oxidation sites excluding steroid dienone is 1. The van der Waals surface area contributed by atoms with Gasteiger partial charge in [0.05, 0.1) is 4.47 Å². The summed E-state index contributed by atoms with van der Waals surface area (Å²) in [5.74, 6) is -0.390. The van der Waals surface area contributed by atoms with Crippen molar-refractivity contribution in [2.75, 3.05) is 0 Å². The summed E-state index contributed by atoms with van der Waals surface area (Å²) in [5, 5.41) is -0.624. The molecule has 4 heteroatoms. The third-order valence-electron chi connectivity index (χ3n) is 1.70. The molecule has 0 aliphatic carbocycles. The Balaban J connectivity index is 3.12. The molecule has 0 atom stereocenters. The second-order valence-corrected chi connectivity index (χ2v) is 3.90. The van der Waals surface area contributed by atoms with Crippen LogP contribution in [-0.4, -0.2) is 5.24 Å². The minimum absolute atomic E-state index is 0.330. The van der Waals surface area contributed by atoms with Gasteiger partial charge in [-0.15, -0.1) is 0 Å². The molecule has 1 rings (SSSR count). The Morgan fingerprint density at radius 1 is 1.57 bits per heavy atom. The Labute approximate surface area is 94.7 Å². The van der Waals surface area contributed by atoms with Crippen molar-refractivity contribution in [1.29, 1.82) is 0 Å². The largest absolute Gasteiger partial charge is 0.276 e. The minimum atomic E-state index is -0.624. The Morgan fingerprint density at radius 2 is 2.21 bits per heavy atom. The Morgan fingerprint density at radius 3 is 2.79 bits per heavy atom. The molecular weight excluding hydrogens is 270 g/mol. The summed E-state index contributed by atoms with van der Waals surface area (Å²) in [4.78, 5) is 10.4. The second-order valence-electron chi connectivity index (χ2n) is 2.74. The van der Waals surface area contributed by atoms with Gasteiger partial charge in [0.15, 0.2) is 0 Å². The van der Waals surface area contributed by atoms with E-state index in [9.17, 15) is 9.18 Å². The van der Waals surface area contributed by atoms with Gasteiger partial charge in [0.25, 0.3) is 0 Å². The molecule has 1 aromatic rings. The normalized spacial score (nSPS) is 10.9. The van der Waals surface area contributed by atoms with Crippen LogP contribution in [0.25, 0.3) is 6.08 Å². The van der Waals surface area contributed by atoms with Gasteiger partial charge in [0.2, 0.25) is 5.24 Å². The first-order chi connectivity index (χ1) is 6.52. The number of benzene rings is 1. The van der Waals surface area contributed by atoms with Crippen molar-refractivity contribution in [2.45, 2.75) is 6.92 Å². The molecule has 0 unspecified atom stereocenters. The summed E-state index contributed by atoms with van der Waals surface area (Å²) < 4.78 is 13.9. The maximum absolute atomic E-state index is 13.5. The molecule has 0 spiro atoms. The number of rotatable bonds is 2. The molecule has 74 valence electrons. The molecule has 0 heterocycles. The first-order valence-corrected chi connectivity index (χ1v) is 5.01. The van der Waals surface area contributed by atoms with E-state index >= 15 is 0 Å². The molecule has 0 saturated heterocycles. The van der Waals surface area contributed by atoms with Gasteiger partial charge >= 0.3 is 0 Å². The van der Waals surface area contributed by atoms with Gasteiger partial charge in [-0.2, -0.15) is 0 Å². The molecule has 0 N–H and O–H groups in total. The van der Waals surface area contributed by atoms with E-state index in [1.165, 1.54) is 6.08 Å². The van der Waals surface area contributed by atoms with Gasteiger partial charge in [-0.05, 0) is 52.2 Å².